The van der Waals surface area contributed by atoms with Gasteiger partial charge in [-0.25, -0.2) is 0 Å². The smallest absolute Gasteiger partial charge is 0.236 e. The Morgan fingerprint density at radius 3 is 2.57 bits per heavy atom. The molecule has 1 aromatic rings. The molecule has 2 atom stereocenters. The van der Waals surface area contributed by atoms with Gasteiger partial charge in [0.2, 0.25) is 11.8 Å². The number of hydrogen-bond donors (Lipinski definition) is 2. The van der Waals surface area contributed by atoms with Gasteiger partial charge in [-0.2, -0.15) is 0 Å². The molecular formula is C16H24ClN3O2S. The van der Waals surface area contributed by atoms with E-state index in [1.807, 2.05) is 36.1 Å². The highest BCUT2D eigenvalue weighted by Gasteiger charge is 2.27. The fourth-order valence-electron chi connectivity index (χ4n) is 2.48. The Balaban J connectivity index is 0.00000264. The summed E-state index contributed by atoms with van der Waals surface area (Å²) in [6.45, 7) is 7.99. The van der Waals surface area contributed by atoms with Gasteiger partial charge in [0.25, 0.3) is 0 Å². The number of rotatable bonds is 4. The average Bonchev–Trinajstić information content (AvgIpc) is 2.48. The Morgan fingerprint density at radius 2 is 2.00 bits per heavy atom. The molecule has 23 heavy (non-hydrogen) atoms. The van der Waals surface area contributed by atoms with Crippen molar-refractivity contribution >= 4 is 41.7 Å². The van der Waals surface area contributed by atoms with Crippen molar-refractivity contribution in [2.45, 2.75) is 37.0 Å². The molecule has 1 saturated heterocycles. The molecule has 2 N–H and O–H groups in total. The second kappa shape index (κ2) is 9.15. The number of carbonyl (C=O) groups excluding carboxylic acids is 2. The van der Waals surface area contributed by atoms with Crippen molar-refractivity contribution in [2.75, 3.05) is 25.0 Å². The van der Waals surface area contributed by atoms with Crippen LogP contribution in [-0.4, -0.2) is 47.6 Å². The van der Waals surface area contributed by atoms with E-state index in [-0.39, 0.29) is 35.5 Å². The van der Waals surface area contributed by atoms with Gasteiger partial charge in [0.05, 0.1) is 5.25 Å². The zero-order valence-electron chi connectivity index (χ0n) is 13.7. The number of nitrogens with zero attached hydrogens (tertiary/aromatic N) is 1. The summed E-state index contributed by atoms with van der Waals surface area (Å²) >= 11 is 1.55. The van der Waals surface area contributed by atoms with Crippen LogP contribution in [0, 0.1) is 0 Å². The third kappa shape index (κ3) is 5.71. The van der Waals surface area contributed by atoms with Crippen molar-refractivity contribution in [3.63, 3.8) is 0 Å². The molecule has 0 saturated carbocycles. The van der Waals surface area contributed by atoms with Crippen molar-refractivity contribution < 1.29 is 9.59 Å². The monoisotopic (exact) mass is 357 g/mol. The summed E-state index contributed by atoms with van der Waals surface area (Å²) in [6, 6.07) is 7.82. The summed E-state index contributed by atoms with van der Waals surface area (Å²) in [5.74, 6) is 0.0987. The number of amides is 2. The van der Waals surface area contributed by atoms with Crippen molar-refractivity contribution in [3.05, 3.63) is 24.3 Å². The van der Waals surface area contributed by atoms with Crippen LogP contribution in [0.25, 0.3) is 0 Å². The van der Waals surface area contributed by atoms with Gasteiger partial charge in [-0.1, -0.05) is 0 Å². The lowest BCUT2D eigenvalue weighted by atomic mass is 10.2. The first-order valence-electron chi connectivity index (χ1n) is 7.53. The Bertz CT molecular complexity index is 539. The molecule has 0 radical (unpaired) electrons. The van der Waals surface area contributed by atoms with Crippen LogP contribution in [-0.2, 0) is 9.59 Å². The molecule has 1 heterocycles. The molecule has 1 aromatic carbocycles. The van der Waals surface area contributed by atoms with E-state index in [2.05, 4.69) is 17.6 Å². The number of halogens is 1. The zero-order valence-corrected chi connectivity index (χ0v) is 15.3. The number of thioether (sulfide) groups is 1. The van der Waals surface area contributed by atoms with E-state index in [1.165, 1.54) is 6.92 Å². The van der Waals surface area contributed by atoms with Crippen molar-refractivity contribution in [3.8, 4) is 0 Å². The van der Waals surface area contributed by atoms with Gasteiger partial charge in [-0.3, -0.25) is 9.59 Å². The molecule has 0 aliphatic carbocycles. The highest BCUT2D eigenvalue weighted by Crippen LogP contribution is 2.26. The maximum absolute atomic E-state index is 12.5. The predicted octanol–water partition coefficient (Wildman–Crippen LogP) is 2.37. The molecular weight excluding hydrogens is 334 g/mol. The van der Waals surface area contributed by atoms with Crippen LogP contribution >= 0.6 is 24.2 Å². The Morgan fingerprint density at radius 1 is 1.35 bits per heavy atom. The predicted molar refractivity (Wildman–Crippen MR) is 97.4 cm³/mol. The number of anilines is 1. The molecule has 1 fully saturated rings. The summed E-state index contributed by atoms with van der Waals surface area (Å²) in [5.41, 5.74) is 0.770. The van der Waals surface area contributed by atoms with E-state index in [4.69, 9.17) is 0 Å². The third-order valence-electron chi connectivity index (χ3n) is 3.62. The standard InChI is InChI=1S/C16H23N3O2S.ClH/c1-11-10-17-8-9-19(11)16(21)12(2)22-15-6-4-14(5-7-15)18-13(3)20;/h4-7,11-12,17H,8-10H2,1-3H3,(H,18,20);1H/t11-,12?;/m0./s1. The first-order valence-corrected chi connectivity index (χ1v) is 8.41. The highest BCUT2D eigenvalue weighted by molar-refractivity contribution is 8.00. The number of nitrogens with one attached hydrogen (secondary N) is 2. The maximum Gasteiger partial charge on any atom is 0.236 e. The van der Waals surface area contributed by atoms with Gasteiger partial charge in [-0.15, -0.1) is 24.2 Å². The van der Waals surface area contributed by atoms with E-state index in [1.54, 1.807) is 11.8 Å². The molecule has 0 spiro atoms. The van der Waals surface area contributed by atoms with Gasteiger partial charge in [0.1, 0.15) is 0 Å². The molecule has 2 amide bonds. The van der Waals surface area contributed by atoms with Crippen LogP contribution in [0.2, 0.25) is 0 Å². The second-order valence-electron chi connectivity index (χ2n) is 5.55. The van der Waals surface area contributed by atoms with E-state index in [0.717, 1.165) is 30.2 Å². The minimum Gasteiger partial charge on any atom is -0.336 e. The minimum absolute atomic E-state index is 0. The molecule has 7 heteroatoms. The largest absolute Gasteiger partial charge is 0.336 e. The molecule has 2 rings (SSSR count). The molecule has 1 unspecified atom stereocenters. The lowest BCUT2D eigenvalue weighted by Gasteiger charge is -2.35. The van der Waals surface area contributed by atoms with Gasteiger partial charge in [0, 0.05) is 43.2 Å². The summed E-state index contributed by atoms with van der Waals surface area (Å²) < 4.78 is 0. The van der Waals surface area contributed by atoms with Gasteiger partial charge >= 0.3 is 0 Å². The fraction of sp³-hybridized carbons (Fsp3) is 0.500. The third-order valence-corrected chi connectivity index (χ3v) is 4.72. The van der Waals surface area contributed by atoms with Crippen LogP contribution in [0.3, 0.4) is 0 Å². The number of carbonyl (C=O) groups is 2. The number of hydrogen-bond acceptors (Lipinski definition) is 4. The summed E-state index contributed by atoms with van der Waals surface area (Å²) in [4.78, 5) is 26.5. The first kappa shape index (κ1) is 19.8. The van der Waals surface area contributed by atoms with E-state index >= 15 is 0 Å². The normalized spacial score (nSPS) is 18.7. The highest BCUT2D eigenvalue weighted by atomic mass is 35.5. The zero-order chi connectivity index (χ0) is 16.1. The number of benzene rings is 1. The van der Waals surface area contributed by atoms with Gasteiger partial charge in [0.15, 0.2) is 0 Å². The molecule has 5 nitrogen and oxygen atoms in total. The molecule has 0 aromatic heterocycles. The lowest BCUT2D eigenvalue weighted by molar-refractivity contribution is -0.133. The second-order valence-corrected chi connectivity index (χ2v) is 6.96. The van der Waals surface area contributed by atoms with Crippen LogP contribution in [0.5, 0.6) is 0 Å². The van der Waals surface area contributed by atoms with E-state index in [0.29, 0.717) is 0 Å². The average molecular weight is 358 g/mol. The fourth-order valence-corrected chi connectivity index (χ4v) is 3.41. The van der Waals surface area contributed by atoms with Gasteiger partial charge < -0.3 is 15.5 Å². The van der Waals surface area contributed by atoms with E-state index in [9.17, 15) is 9.59 Å². The number of piperazine rings is 1. The lowest BCUT2D eigenvalue weighted by Crippen LogP contribution is -2.54. The SMILES string of the molecule is CC(=O)Nc1ccc(SC(C)C(=O)N2CCNC[C@@H]2C)cc1.Cl. The molecule has 128 valence electrons. The van der Waals surface area contributed by atoms with Gasteiger partial charge in [-0.05, 0) is 38.1 Å². The quantitative estimate of drug-likeness (QED) is 0.812. The minimum atomic E-state index is -0.118. The summed E-state index contributed by atoms with van der Waals surface area (Å²) in [6.07, 6.45) is 0. The molecule has 1 aliphatic heterocycles. The van der Waals surface area contributed by atoms with Crippen LogP contribution in [0.1, 0.15) is 20.8 Å². The van der Waals surface area contributed by atoms with Crippen molar-refractivity contribution in [1.82, 2.24) is 10.2 Å². The van der Waals surface area contributed by atoms with E-state index < -0.39 is 0 Å². The molecule has 0 bridgehead atoms. The summed E-state index contributed by atoms with van der Waals surface area (Å²) in [5, 5.41) is 5.91. The Hall–Kier alpha value is -1.24. The maximum atomic E-state index is 12.5. The summed E-state index contributed by atoms with van der Waals surface area (Å²) in [7, 11) is 0. The Labute approximate surface area is 148 Å². The first-order chi connectivity index (χ1) is 10.5. The van der Waals surface area contributed by atoms with Crippen LogP contribution in [0.15, 0.2) is 29.2 Å². The van der Waals surface area contributed by atoms with Crippen molar-refractivity contribution in [1.29, 1.82) is 0 Å². The Kier molecular flexibility index (Phi) is 7.88. The van der Waals surface area contributed by atoms with Crippen molar-refractivity contribution in [2.24, 2.45) is 0 Å². The van der Waals surface area contributed by atoms with Crippen LogP contribution < -0.4 is 10.6 Å². The topological polar surface area (TPSA) is 61.4 Å². The van der Waals surface area contributed by atoms with Crippen LogP contribution in [0.4, 0.5) is 5.69 Å². The molecule has 1 aliphatic rings.